The smallest absolute Gasteiger partial charge is 0.269 e. The minimum absolute atomic E-state index is 0.000777. The molecule has 0 saturated carbocycles. The number of nitrogens with zero attached hydrogens (tertiary/aromatic N) is 1. The molecule has 1 aromatic heterocycles. The molecule has 2 aromatic carbocycles. The maximum Gasteiger partial charge on any atom is 0.269 e. The summed E-state index contributed by atoms with van der Waals surface area (Å²) in [5.74, 6) is -0.611. The molecule has 0 aliphatic heterocycles. The molecule has 116 valence electrons. The largest absolute Gasteiger partial charge is 0.331 e. The summed E-state index contributed by atoms with van der Waals surface area (Å²) in [4.78, 5) is 28.2. The maximum absolute atomic E-state index is 12.7. The number of hydrogen-bond donors (Lipinski definition) is 1. The number of aromatic nitrogens is 2. The molecule has 0 atom stereocenters. The fourth-order valence-corrected chi connectivity index (χ4v) is 3.28. The van der Waals surface area contributed by atoms with Gasteiger partial charge in [0.25, 0.3) is 11.5 Å². The van der Waals surface area contributed by atoms with E-state index in [0.717, 1.165) is 9.04 Å². The molecule has 0 amide bonds. The van der Waals surface area contributed by atoms with E-state index in [1.807, 2.05) is 0 Å². The third-order valence-corrected chi connectivity index (χ3v) is 4.55. The normalized spacial score (nSPS) is 10.9. The minimum atomic E-state index is -0.611. The zero-order chi connectivity index (χ0) is 16.7. The summed E-state index contributed by atoms with van der Waals surface area (Å²) in [6.07, 6.45) is 0. The second kappa shape index (κ2) is 6.20. The van der Waals surface area contributed by atoms with Gasteiger partial charge in [-0.05, 0) is 48.6 Å². The molecule has 3 aromatic rings. The van der Waals surface area contributed by atoms with Crippen LogP contribution < -0.4 is 5.56 Å². The van der Waals surface area contributed by atoms with Gasteiger partial charge in [-0.1, -0.05) is 39.1 Å². The van der Waals surface area contributed by atoms with Gasteiger partial charge in [-0.2, -0.15) is 0 Å². The lowest BCUT2D eigenvalue weighted by Gasteiger charge is -2.08. The van der Waals surface area contributed by atoms with Gasteiger partial charge in [-0.25, -0.2) is 4.57 Å². The number of H-pyrrole nitrogens is 1. The monoisotopic (exact) mass is 428 g/mol. The van der Waals surface area contributed by atoms with Crippen LogP contribution in [-0.4, -0.2) is 15.5 Å². The van der Waals surface area contributed by atoms with Gasteiger partial charge in [0.05, 0.1) is 21.5 Å². The van der Waals surface area contributed by atoms with E-state index in [2.05, 4.69) is 20.9 Å². The van der Waals surface area contributed by atoms with E-state index in [-0.39, 0.29) is 15.4 Å². The zero-order valence-corrected chi connectivity index (χ0v) is 15.2. The van der Waals surface area contributed by atoms with Crippen molar-refractivity contribution in [2.24, 2.45) is 0 Å². The summed E-state index contributed by atoms with van der Waals surface area (Å²) in [5, 5.41) is 0.885. The lowest BCUT2D eigenvalue weighted by atomic mass is 10.2. The maximum atomic E-state index is 12.7. The lowest BCUT2D eigenvalue weighted by molar-refractivity contribution is 0.0954. The van der Waals surface area contributed by atoms with Gasteiger partial charge >= 0.3 is 0 Å². The second-order valence-corrected chi connectivity index (χ2v) is 6.84. The number of aromatic amines is 1. The van der Waals surface area contributed by atoms with E-state index >= 15 is 0 Å². The van der Waals surface area contributed by atoms with E-state index < -0.39 is 11.5 Å². The summed E-state index contributed by atoms with van der Waals surface area (Å²) in [6, 6.07) is 9.52. The van der Waals surface area contributed by atoms with Crippen molar-refractivity contribution in [3.8, 4) is 0 Å². The summed E-state index contributed by atoms with van der Waals surface area (Å²) in [6.45, 7) is 0. The number of halogens is 3. The Morgan fingerprint density at radius 2 is 1.91 bits per heavy atom. The van der Waals surface area contributed by atoms with Gasteiger partial charge in [-0.3, -0.25) is 9.59 Å². The molecule has 0 saturated heterocycles. The molecule has 4 nitrogen and oxygen atoms in total. The molecule has 0 unspecified atom stereocenters. The Bertz CT molecular complexity index is 1080. The molecule has 23 heavy (non-hydrogen) atoms. The van der Waals surface area contributed by atoms with Crippen LogP contribution in [-0.2, 0) is 0 Å². The lowest BCUT2D eigenvalue weighted by Crippen LogP contribution is -2.29. The molecule has 0 spiro atoms. The number of hydrogen-bond acceptors (Lipinski definition) is 3. The second-order valence-electron chi connectivity index (χ2n) is 4.69. The molecule has 0 aliphatic rings. The number of nitrogens with one attached hydrogen (secondary N) is 1. The highest BCUT2D eigenvalue weighted by Crippen LogP contribution is 2.22. The van der Waals surface area contributed by atoms with Crippen molar-refractivity contribution in [3.63, 3.8) is 0 Å². The van der Waals surface area contributed by atoms with Crippen LogP contribution in [0.25, 0.3) is 10.9 Å². The van der Waals surface area contributed by atoms with Gasteiger partial charge in [0.1, 0.15) is 0 Å². The average Bonchev–Trinajstić information content (AvgIpc) is 2.48. The number of carbonyl (C=O) groups is 1. The topological polar surface area (TPSA) is 54.9 Å². The van der Waals surface area contributed by atoms with Crippen molar-refractivity contribution in [2.45, 2.75) is 0 Å². The van der Waals surface area contributed by atoms with Crippen molar-refractivity contribution in [1.29, 1.82) is 0 Å². The fraction of sp³-hybridized carbons (Fsp3) is 0. The first-order valence-electron chi connectivity index (χ1n) is 6.33. The number of benzene rings is 2. The Hall–Kier alpha value is -1.47. The molecular weight excluding hydrogens is 423 g/mol. The van der Waals surface area contributed by atoms with Crippen LogP contribution in [0.15, 0.2) is 45.7 Å². The van der Waals surface area contributed by atoms with Gasteiger partial charge in [0.15, 0.2) is 4.77 Å². The van der Waals surface area contributed by atoms with Crippen molar-refractivity contribution in [1.82, 2.24) is 9.55 Å². The highest BCUT2D eigenvalue weighted by atomic mass is 79.9. The van der Waals surface area contributed by atoms with Crippen LogP contribution in [0.1, 0.15) is 10.4 Å². The summed E-state index contributed by atoms with van der Waals surface area (Å²) >= 11 is 20.3. The Labute approximate surface area is 153 Å². The van der Waals surface area contributed by atoms with Crippen LogP contribution in [0.2, 0.25) is 10.0 Å². The van der Waals surface area contributed by atoms with Gasteiger partial charge in [-0.15, -0.1) is 0 Å². The minimum Gasteiger partial charge on any atom is -0.331 e. The Kier molecular flexibility index (Phi) is 4.42. The quantitative estimate of drug-likeness (QED) is 0.564. The van der Waals surface area contributed by atoms with Crippen LogP contribution in [0.3, 0.4) is 0 Å². The molecule has 1 N–H and O–H groups in total. The van der Waals surface area contributed by atoms with Crippen LogP contribution >= 0.6 is 51.3 Å². The van der Waals surface area contributed by atoms with Crippen molar-refractivity contribution in [3.05, 3.63) is 71.6 Å². The predicted molar refractivity (Wildman–Crippen MR) is 97.3 cm³/mol. The van der Waals surface area contributed by atoms with E-state index in [0.29, 0.717) is 15.9 Å². The number of fused-ring (bicyclic) bond motifs is 1. The summed E-state index contributed by atoms with van der Waals surface area (Å²) in [5.41, 5.74) is 0.183. The van der Waals surface area contributed by atoms with E-state index in [1.54, 1.807) is 18.2 Å². The standard InChI is InChI=1S/C15H7BrCl2N2O2S/c16-7-1-4-12-10(5-7)14(22)20(15(23)19-12)13(21)9-3-2-8(17)6-11(9)18/h1-6H,(H,19,23). The first kappa shape index (κ1) is 16.4. The summed E-state index contributed by atoms with van der Waals surface area (Å²) in [7, 11) is 0. The summed E-state index contributed by atoms with van der Waals surface area (Å²) < 4.78 is 1.61. The predicted octanol–water partition coefficient (Wildman–Crippen LogP) is 4.82. The van der Waals surface area contributed by atoms with Crippen LogP contribution in [0.5, 0.6) is 0 Å². The van der Waals surface area contributed by atoms with E-state index in [4.69, 9.17) is 35.4 Å². The fourth-order valence-electron chi connectivity index (χ4n) is 2.15. The van der Waals surface area contributed by atoms with Gasteiger partial charge in [0.2, 0.25) is 0 Å². The molecule has 1 heterocycles. The number of carbonyl (C=O) groups excluding carboxylic acids is 1. The first-order valence-corrected chi connectivity index (χ1v) is 8.28. The molecular formula is C15H7BrCl2N2O2S. The van der Waals surface area contributed by atoms with E-state index in [1.165, 1.54) is 18.2 Å². The van der Waals surface area contributed by atoms with Crippen LogP contribution in [0, 0.1) is 4.77 Å². The van der Waals surface area contributed by atoms with Gasteiger partial charge < -0.3 is 4.98 Å². The zero-order valence-electron chi connectivity index (χ0n) is 11.3. The molecule has 0 aliphatic carbocycles. The van der Waals surface area contributed by atoms with E-state index in [9.17, 15) is 9.59 Å². The van der Waals surface area contributed by atoms with Crippen molar-refractivity contribution >= 4 is 68.2 Å². The molecule has 0 fully saturated rings. The number of rotatable bonds is 1. The first-order chi connectivity index (χ1) is 10.9. The molecule has 0 bridgehead atoms. The highest BCUT2D eigenvalue weighted by molar-refractivity contribution is 9.10. The third kappa shape index (κ3) is 2.99. The molecule has 3 rings (SSSR count). The Balaban J connectivity index is 2.29. The SMILES string of the molecule is O=C(c1ccc(Cl)cc1Cl)n1c(=S)[nH]c2ccc(Br)cc2c1=O. The van der Waals surface area contributed by atoms with Crippen molar-refractivity contribution < 1.29 is 4.79 Å². The Morgan fingerprint density at radius 1 is 1.17 bits per heavy atom. The Morgan fingerprint density at radius 3 is 2.61 bits per heavy atom. The van der Waals surface area contributed by atoms with Crippen molar-refractivity contribution in [2.75, 3.05) is 0 Å². The van der Waals surface area contributed by atoms with Crippen LogP contribution in [0.4, 0.5) is 0 Å². The van der Waals surface area contributed by atoms with Gasteiger partial charge in [0, 0.05) is 9.50 Å². The average molecular weight is 430 g/mol. The molecule has 8 heteroatoms. The molecule has 0 radical (unpaired) electrons. The highest BCUT2D eigenvalue weighted by Gasteiger charge is 2.17. The third-order valence-electron chi connectivity index (χ3n) is 3.22.